The Balaban J connectivity index is 2.55. The molecule has 0 N–H and O–H groups in total. The Morgan fingerprint density at radius 1 is 0.842 bits per heavy atom. The highest BCUT2D eigenvalue weighted by molar-refractivity contribution is 5.80. The molecule has 0 heteroatoms. The van der Waals surface area contributed by atoms with Crippen molar-refractivity contribution in [3.8, 4) is 0 Å². The smallest absolute Gasteiger partial charge is 0.00111 e. The minimum Gasteiger partial charge on any atom is -0.102 e. The molecule has 0 aliphatic carbocycles. The highest BCUT2D eigenvalue weighted by atomic mass is 14.2. The van der Waals surface area contributed by atoms with Crippen LogP contribution in [0.1, 0.15) is 25.0 Å². The molecule has 0 nitrogen and oxygen atoms in total. The van der Waals surface area contributed by atoms with Crippen molar-refractivity contribution in [3.05, 3.63) is 90.5 Å². The Hall–Kier alpha value is -2.08. The summed E-state index contributed by atoms with van der Waals surface area (Å²) in [6.45, 7) is 8.27. The molecule has 2 rings (SSSR count). The zero-order chi connectivity index (χ0) is 13.7. The van der Waals surface area contributed by atoms with E-state index in [4.69, 9.17) is 0 Å². The van der Waals surface area contributed by atoms with Crippen LogP contribution >= 0.6 is 0 Å². The van der Waals surface area contributed by atoms with Crippen LogP contribution < -0.4 is 0 Å². The molecule has 19 heavy (non-hydrogen) atoms. The van der Waals surface area contributed by atoms with Crippen molar-refractivity contribution in [2.24, 2.45) is 5.41 Å². The van der Waals surface area contributed by atoms with Crippen LogP contribution in [0.25, 0.3) is 5.57 Å². The zero-order valence-corrected chi connectivity index (χ0v) is 11.6. The molecule has 0 heterocycles. The van der Waals surface area contributed by atoms with Crippen LogP contribution in [0.15, 0.2) is 79.4 Å². The van der Waals surface area contributed by atoms with Crippen LogP contribution in [0.5, 0.6) is 0 Å². The van der Waals surface area contributed by atoms with E-state index >= 15 is 0 Å². The first-order valence-corrected chi connectivity index (χ1v) is 6.60. The molecule has 0 spiro atoms. The van der Waals surface area contributed by atoms with Gasteiger partial charge in [-0.25, -0.2) is 0 Å². The maximum atomic E-state index is 3.93. The van der Waals surface area contributed by atoms with Crippen LogP contribution in [-0.2, 0) is 0 Å². The second-order valence-corrected chi connectivity index (χ2v) is 5.32. The van der Waals surface area contributed by atoms with Gasteiger partial charge in [-0.05, 0) is 16.7 Å². The van der Waals surface area contributed by atoms with Gasteiger partial charge in [0.2, 0.25) is 0 Å². The van der Waals surface area contributed by atoms with Crippen molar-refractivity contribution in [2.75, 3.05) is 0 Å². The van der Waals surface area contributed by atoms with E-state index in [1.165, 1.54) is 16.7 Å². The van der Waals surface area contributed by atoms with Gasteiger partial charge in [0.15, 0.2) is 0 Å². The van der Waals surface area contributed by atoms with E-state index in [0.29, 0.717) is 0 Å². The van der Waals surface area contributed by atoms with Crippen molar-refractivity contribution < 1.29 is 0 Å². The molecule has 0 aromatic heterocycles. The fourth-order valence-corrected chi connectivity index (χ4v) is 2.00. The maximum Gasteiger partial charge on any atom is 0.00111 e. The average molecular weight is 248 g/mol. The first-order valence-electron chi connectivity index (χ1n) is 6.60. The second-order valence-electron chi connectivity index (χ2n) is 5.32. The topological polar surface area (TPSA) is 0 Å². The van der Waals surface area contributed by atoms with Crippen LogP contribution in [-0.4, -0.2) is 0 Å². The van der Waals surface area contributed by atoms with Gasteiger partial charge in [0.25, 0.3) is 0 Å². The van der Waals surface area contributed by atoms with Gasteiger partial charge in [0, 0.05) is 5.41 Å². The molecule has 0 bridgehead atoms. The van der Waals surface area contributed by atoms with E-state index < -0.39 is 0 Å². The summed E-state index contributed by atoms with van der Waals surface area (Å²) >= 11 is 0. The van der Waals surface area contributed by atoms with E-state index in [1.807, 2.05) is 18.2 Å². The molecular formula is C19H20. The van der Waals surface area contributed by atoms with E-state index in [-0.39, 0.29) is 5.41 Å². The van der Waals surface area contributed by atoms with Crippen LogP contribution in [0.4, 0.5) is 0 Å². The van der Waals surface area contributed by atoms with Crippen LogP contribution in [0.2, 0.25) is 0 Å². The summed E-state index contributed by atoms with van der Waals surface area (Å²) in [5, 5.41) is 0. The third-order valence-corrected chi connectivity index (χ3v) is 3.21. The number of hydrogen-bond donors (Lipinski definition) is 0. The lowest BCUT2D eigenvalue weighted by molar-refractivity contribution is 0.629. The average Bonchev–Trinajstić information content (AvgIpc) is 2.47. The van der Waals surface area contributed by atoms with Crippen LogP contribution in [0, 0.1) is 5.41 Å². The second kappa shape index (κ2) is 5.71. The summed E-state index contributed by atoms with van der Waals surface area (Å²) in [6.07, 6.45) is 4.27. The summed E-state index contributed by atoms with van der Waals surface area (Å²) in [6, 6.07) is 21.0. The largest absolute Gasteiger partial charge is 0.102 e. The van der Waals surface area contributed by atoms with Gasteiger partial charge < -0.3 is 0 Å². The molecule has 2 aromatic carbocycles. The molecule has 96 valence electrons. The predicted octanol–water partition coefficient (Wildman–Crippen LogP) is 5.33. The summed E-state index contributed by atoms with van der Waals surface area (Å²) in [5.74, 6) is 0. The number of hydrogen-bond acceptors (Lipinski definition) is 0. The first-order chi connectivity index (χ1) is 9.12. The number of benzene rings is 2. The third kappa shape index (κ3) is 3.45. The Bertz CT molecular complexity index is 518. The van der Waals surface area contributed by atoms with Gasteiger partial charge in [-0.15, -0.1) is 6.58 Å². The van der Waals surface area contributed by atoms with Crippen molar-refractivity contribution in [2.45, 2.75) is 13.8 Å². The molecule has 0 amide bonds. The minimum absolute atomic E-state index is 0.0268. The summed E-state index contributed by atoms with van der Waals surface area (Å²) in [5.41, 5.74) is 3.71. The summed E-state index contributed by atoms with van der Waals surface area (Å²) in [7, 11) is 0. The molecule has 2 aromatic rings. The molecule has 0 saturated carbocycles. The molecule has 0 radical (unpaired) electrons. The summed E-state index contributed by atoms with van der Waals surface area (Å²) in [4.78, 5) is 0. The Labute approximate surface area is 116 Å². The lowest BCUT2D eigenvalue weighted by Crippen LogP contribution is -2.04. The fraction of sp³-hybridized carbons (Fsp3) is 0.158. The molecular weight excluding hydrogens is 228 g/mol. The zero-order valence-electron chi connectivity index (χ0n) is 11.6. The minimum atomic E-state index is -0.0268. The highest BCUT2D eigenvalue weighted by Gasteiger charge is 2.13. The third-order valence-electron chi connectivity index (χ3n) is 3.21. The highest BCUT2D eigenvalue weighted by Crippen LogP contribution is 2.30. The van der Waals surface area contributed by atoms with Crippen molar-refractivity contribution in [1.29, 1.82) is 0 Å². The van der Waals surface area contributed by atoms with Crippen LogP contribution in [0.3, 0.4) is 0 Å². The van der Waals surface area contributed by atoms with E-state index in [2.05, 4.69) is 75.0 Å². The van der Waals surface area contributed by atoms with Gasteiger partial charge in [-0.1, -0.05) is 86.7 Å². The predicted molar refractivity (Wildman–Crippen MR) is 83.9 cm³/mol. The number of rotatable bonds is 4. The van der Waals surface area contributed by atoms with Crippen molar-refractivity contribution in [1.82, 2.24) is 0 Å². The summed E-state index contributed by atoms with van der Waals surface area (Å²) < 4.78 is 0. The lowest BCUT2D eigenvalue weighted by atomic mass is 9.86. The SMILES string of the molecule is C=CC(C)(C)C=C(c1ccccc1)c1ccccc1. The molecule has 0 fully saturated rings. The molecule has 0 aliphatic heterocycles. The Morgan fingerprint density at radius 2 is 1.26 bits per heavy atom. The molecule has 0 atom stereocenters. The van der Waals surface area contributed by atoms with Gasteiger partial charge >= 0.3 is 0 Å². The van der Waals surface area contributed by atoms with Crippen molar-refractivity contribution in [3.63, 3.8) is 0 Å². The monoisotopic (exact) mass is 248 g/mol. The van der Waals surface area contributed by atoms with Gasteiger partial charge in [0.05, 0.1) is 0 Å². The quantitative estimate of drug-likeness (QED) is 0.641. The van der Waals surface area contributed by atoms with Gasteiger partial charge in [0.1, 0.15) is 0 Å². The fourth-order valence-electron chi connectivity index (χ4n) is 2.00. The van der Waals surface area contributed by atoms with Crippen molar-refractivity contribution >= 4 is 5.57 Å². The maximum absolute atomic E-state index is 3.93. The van der Waals surface area contributed by atoms with E-state index in [1.54, 1.807) is 0 Å². The molecule has 0 saturated heterocycles. The Kier molecular flexibility index (Phi) is 4.01. The van der Waals surface area contributed by atoms with Gasteiger partial charge in [-0.3, -0.25) is 0 Å². The molecule has 0 unspecified atom stereocenters. The number of allylic oxidation sites excluding steroid dienone is 2. The van der Waals surface area contributed by atoms with E-state index in [0.717, 1.165) is 0 Å². The van der Waals surface area contributed by atoms with E-state index in [9.17, 15) is 0 Å². The Morgan fingerprint density at radius 3 is 1.63 bits per heavy atom. The standard InChI is InChI=1S/C19H20/c1-4-19(2,3)15-18(16-11-7-5-8-12-16)17-13-9-6-10-14-17/h4-15H,1H2,2-3H3. The normalized spacial score (nSPS) is 10.8. The first kappa shape index (κ1) is 13.4. The molecule has 0 aliphatic rings. The van der Waals surface area contributed by atoms with Gasteiger partial charge in [-0.2, -0.15) is 0 Å². The lowest BCUT2D eigenvalue weighted by Gasteiger charge is -2.18.